The van der Waals surface area contributed by atoms with E-state index in [1.54, 1.807) is 72.2 Å². The summed E-state index contributed by atoms with van der Waals surface area (Å²) in [5, 5.41) is 9.06. The normalized spacial score (nSPS) is 11.9. The Morgan fingerprint density at radius 2 is 1.56 bits per heavy atom. The topological polar surface area (TPSA) is 93.3 Å². The molecule has 32 heavy (non-hydrogen) atoms. The molecule has 0 aliphatic heterocycles. The van der Waals surface area contributed by atoms with Crippen LogP contribution < -0.4 is 16.7 Å². The molecule has 0 fully saturated rings. The number of hydrogen-bond acceptors (Lipinski definition) is 4. The Morgan fingerprint density at radius 1 is 0.906 bits per heavy atom. The van der Waals surface area contributed by atoms with Crippen molar-refractivity contribution in [3.63, 3.8) is 0 Å². The average Bonchev–Trinajstić information content (AvgIpc) is 2.84. The van der Waals surface area contributed by atoms with Crippen LogP contribution in [-0.2, 0) is 13.1 Å². The molecule has 3 aromatic carbocycles. The third kappa shape index (κ3) is 4.08. The zero-order chi connectivity index (χ0) is 22.7. The maximum absolute atomic E-state index is 14.9. The smallest absolute Gasteiger partial charge is 0.289 e. The zero-order valence-electron chi connectivity index (χ0n) is 16.9. The van der Waals surface area contributed by atoms with Gasteiger partial charge in [-0.3, -0.25) is 23.9 Å². The summed E-state index contributed by atoms with van der Waals surface area (Å²) in [6.45, 7) is -0.287. The van der Waals surface area contributed by atoms with Crippen molar-refractivity contribution in [1.29, 1.82) is 0 Å². The molecule has 8 heteroatoms. The van der Waals surface area contributed by atoms with Crippen molar-refractivity contribution in [3.8, 4) is 0 Å². The molecule has 0 aliphatic carbocycles. The average molecular weight is 433 g/mol. The second-order valence-corrected chi connectivity index (χ2v) is 7.32. The molecule has 162 valence electrons. The standard InChI is InChI=1S/C24H20FN3O4/c25-20(17-6-2-1-3-7-17)15-28-23(30)19-8-4-5-9-21(19)27(24(28)31)14-16-10-12-18(13-11-16)22(29)26-32/h1-13,20,32H,14-15H2,(H,26,29). The van der Waals surface area contributed by atoms with Crippen molar-refractivity contribution < 1.29 is 14.4 Å². The molecule has 1 heterocycles. The molecule has 1 amide bonds. The van der Waals surface area contributed by atoms with E-state index < -0.39 is 29.9 Å². The Morgan fingerprint density at radius 3 is 2.25 bits per heavy atom. The summed E-state index contributed by atoms with van der Waals surface area (Å²) < 4.78 is 17.3. The fraction of sp³-hybridized carbons (Fsp3) is 0.125. The summed E-state index contributed by atoms with van der Waals surface area (Å²) in [5.41, 5.74) is 2.16. The van der Waals surface area contributed by atoms with Crippen LogP contribution in [0.2, 0.25) is 0 Å². The number of halogens is 1. The first-order chi connectivity index (χ1) is 15.5. The Bertz CT molecular complexity index is 1380. The van der Waals surface area contributed by atoms with E-state index in [1.165, 1.54) is 16.7 Å². The predicted molar refractivity (Wildman–Crippen MR) is 118 cm³/mol. The van der Waals surface area contributed by atoms with Gasteiger partial charge in [0.05, 0.1) is 24.0 Å². The number of rotatable bonds is 6. The maximum Gasteiger partial charge on any atom is 0.331 e. The number of nitrogens with one attached hydrogen (secondary N) is 1. The summed E-state index contributed by atoms with van der Waals surface area (Å²) in [5.74, 6) is -0.650. The van der Waals surface area contributed by atoms with Gasteiger partial charge < -0.3 is 0 Å². The molecule has 4 aromatic rings. The number of alkyl halides is 1. The van der Waals surface area contributed by atoms with E-state index >= 15 is 0 Å². The molecule has 1 aromatic heterocycles. The molecule has 1 atom stereocenters. The number of hydrogen-bond donors (Lipinski definition) is 2. The monoisotopic (exact) mass is 433 g/mol. The summed E-state index contributed by atoms with van der Waals surface area (Å²) in [6.07, 6.45) is -1.52. The number of carbonyl (C=O) groups excluding carboxylic acids is 1. The van der Waals surface area contributed by atoms with Gasteiger partial charge in [-0.15, -0.1) is 0 Å². The summed E-state index contributed by atoms with van der Waals surface area (Å²) in [7, 11) is 0. The lowest BCUT2D eigenvalue weighted by Crippen LogP contribution is -2.41. The second-order valence-electron chi connectivity index (χ2n) is 7.32. The van der Waals surface area contributed by atoms with Gasteiger partial charge in [0.1, 0.15) is 6.17 Å². The molecule has 0 aliphatic rings. The van der Waals surface area contributed by atoms with Crippen LogP contribution in [0.15, 0.2) is 88.5 Å². The molecule has 7 nitrogen and oxygen atoms in total. The van der Waals surface area contributed by atoms with Gasteiger partial charge in [0.25, 0.3) is 11.5 Å². The molecular weight excluding hydrogens is 413 g/mol. The fourth-order valence-electron chi connectivity index (χ4n) is 3.62. The number of para-hydroxylation sites is 1. The first-order valence-electron chi connectivity index (χ1n) is 9.94. The van der Waals surface area contributed by atoms with Crippen LogP contribution in [0.1, 0.15) is 27.7 Å². The minimum absolute atomic E-state index is 0.114. The van der Waals surface area contributed by atoms with Crippen molar-refractivity contribution >= 4 is 16.8 Å². The van der Waals surface area contributed by atoms with Gasteiger partial charge >= 0.3 is 5.69 Å². The van der Waals surface area contributed by atoms with Crippen LogP contribution in [0, 0.1) is 0 Å². The maximum atomic E-state index is 14.9. The van der Waals surface area contributed by atoms with Crippen LogP contribution in [0.3, 0.4) is 0 Å². The van der Waals surface area contributed by atoms with Crippen LogP contribution in [0.25, 0.3) is 10.9 Å². The van der Waals surface area contributed by atoms with Gasteiger partial charge in [0.2, 0.25) is 0 Å². The highest BCUT2D eigenvalue weighted by Crippen LogP contribution is 2.18. The van der Waals surface area contributed by atoms with Gasteiger partial charge in [-0.1, -0.05) is 54.6 Å². The van der Waals surface area contributed by atoms with Crippen molar-refractivity contribution in [3.05, 3.63) is 116 Å². The summed E-state index contributed by atoms with van der Waals surface area (Å²) in [6, 6.07) is 21.4. The van der Waals surface area contributed by atoms with Crippen LogP contribution in [0.4, 0.5) is 4.39 Å². The van der Waals surface area contributed by atoms with Crippen LogP contribution in [-0.4, -0.2) is 20.2 Å². The number of carbonyl (C=O) groups is 1. The fourth-order valence-corrected chi connectivity index (χ4v) is 3.62. The van der Waals surface area contributed by atoms with Crippen molar-refractivity contribution in [2.45, 2.75) is 19.3 Å². The number of fused-ring (bicyclic) bond motifs is 1. The first-order valence-corrected chi connectivity index (χ1v) is 9.94. The molecule has 0 radical (unpaired) electrons. The first kappa shape index (κ1) is 21.2. The molecule has 0 saturated heterocycles. The summed E-state index contributed by atoms with van der Waals surface area (Å²) >= 11 is 0. The third-order valence-corrected chi connectivity index (χ3v) is 5.29. The number of aromatic nitrogens is 2. The van der Waals surface area contributed by atoms with E-state index in [4.69, 9.17) is 5.21 Å². The molecular formula is C24H20FN3O4. The molecule has 0 saturated carbocycles. The Kier molecular flexibility index (Phi) is 5.96. The number of hydroxylamine groups is 1. The second kappa shape index (κ2) is 8.99. The highest BCUT2D eigenvalue weighted by Gasteiger charge is 2.18. The Labute approximate surface area is 181 Å². The highest BCUT2D eigenvalue weighted by molar-refractivity contribution is 5.93. The van der Waals surface area contributed by atoms with Crippen LogP contribution in [0.5, 0.6) is 0 Å². The molecule has 2 N–H and O–H groups in total. The lowest BCUT2D eigenvalue weighted by Gasteiger charge is -2.16. The van der Waals surface area contributed by atoms with E-state index in [-0.39, 0.29) is 12.1 Å². The van der Waals surface area contributed by atoms with Crippen molar-refractivity contribution in [2.24, 2.45) is 0 Å². The van der Waals surface area contributed by atoms with Gasteiger partial charge in [0, 0.05) is 5.56 Å². The third-order valence-electron chi connectivity index (χ3n) is 5.29. The van der Waals surface area contributed by atoms with Gasteiger partial charge in [-0.2, -0.15) is 0 Å². The van der Waals surface area contributed by atoms with Crippen LogP contribution >= 0.6 is 0 Å². The van der Waals surface area contributed by atoms with Gasteiger partial charge in [0.15, 0.2) is 0 Å². The zero-order valence-corrected chi connectivity index (χ0v) is 16.9. The molecule has 4 rings (SSSR count). The van der Waals surface area contributed by atoms with E-state index in [9.17, 15) is 18.8 Å². The Balaban J connectivity index is 1.77. The number of amides is 1. The SMILES string of the molecule is O=C(NO)c1ccc(Cn2c(=O)n(CC(F)c3ccccc3)c(=O)c3ccccc32)cc1. The molecule has 1 unspecified atom stereocenters. The van der Waals surface area contributed by atoms with E-state index in [0.29, 0.717) is 22.0 Å². The number of benzene rings is 3. The molecule has 0 bridgehead atoms. The largest absolute Gasteiger partial charge is 0.331 e. The van der Waals surface area contributed by atoms with E-state index in [0.717, 1.165) is 4.57 Å². The quantitative estimate of drug-likeness (QED) is 0.361. The van der Waals surface area contributed by atoms with Crippen molar-refractivity contribution in [1.82, 2.24) is 14.6 Å². The van der Waals surface area contributed by atoms with Crippen molar-refractivity contribution in [2.75, 3.05) is 0 Å². The highest BCUT2D eigenvalue weighted by atomic mass is 19.1. The van der Waals surface area contributed by atoms with E-state index in [1.807, 2.05) is 0 Å². The lowest BCUT2D eigenvalue weighted by molar-refractivity contribution is 0.0706. The van der Waals surface area contributed by atoms with Gasteiger partial charge in [-0.25, -0.2) is 14.7 Å². The molecule has 0 spiro atoms. The summed E-state index contributed by atoms with van der Waals surface area (Å²) in [4.78, 5) is 37.8. The minimum Gasteiger partial charge on any atom is -0.289 e. The van der Waals surface area contributed by atoms with Gasteiger partial charge in [-0.05, 0) is 35.4 Å². The number of nitrogens with zero attached hydrogens (tertiary/aromatic N) is 2. The predicted octanol–water partition coefficient (Wildman–Crippen LogP) is 3.04. The van der Waals surface area contributed by atoms with E-state index in [2.05, 4.69) is 0 Å². The lowest BCUT2D eigenvalue weighted by atomic mass is 10.1. The minimum atomic E-state index is -1.52. The Hall–Kier alpha value is -4.04.